The van der Waals surface area contributed by atoms with Crippen LogP contribution in [0.5, 0.6) is 0 Å². The monoisotopic (exact) mass is 216 g/mol. The summed E-state index contributed by atoms with van der Waals surface area (Å²) < 4.78 is 0. The van der Waals surface area contributed by atoms with Crippen molar-refractivity contribution in [1.82, 2.24) is 5.01 Å². The number of hydrogen-bond acceptors (Lipinski definition) is 2. The van der Waals surface area contributed by atoms with E-state index in [1.54, 1.807) is 0 Å². The number of carbonyl (C=O) groups is 1. The molecule has 0 aliphatic carbocycles. The van der Waals surface area contributed by atoms with Crippen LogP contribution in [0.2, 0.25) is 0 Å². The molecule has 0 heterocycles. The van der Waals surface area contributed by atoms with Gasteiger partial charge in [0.15, 0.2) is 0 Å². The Bertz CT molecular complexity index is 525. The third kappa shape index (κ3) is 2.06. The van der Waals surface area contributed by atoms with Gasteiger partial charge in [0.25, 0.3) is 0 Å². The van der Waals surface area contributed by atoms with Gasteiger partial charge in [-0.15, -0.1) is 0 Å². The molecule has 82 valence electrons. The molecule has 1 amide bonds. The van der Waals surface area contributed by atoms with Gasteiger partial charge < -0.3 is 5.11 Å². The van der Waals surface area contributed by atoms with Crippen molar-refractivity contribution in [2.24, 2.45) is 0 Å². The molecule has 4 heteroatoms. The zero-order valence-electron chi connectivity index (χ0n) is 8.84. The normalized spacial score (nSPS) is 10.1. The van der Waals surface area contributed by atoms with E-state index in [-0.39, 0.29) is 0 Å². The standard InChI is InChI=1S/C12H12N2O2/c1-14(12(15)16)13-11-7-6-9-4-2-3-5-10(9)8-11/h2-8,13H,1H3,(H,15,16). The van der Waals surface area contributed by atoms with Crippen LogP contribution in [-0.4, -0.2) is 23.3 Å². The Hall–Kier alpha value is -2.23. The maximum absolute atomic E-state index is 10.6. The first-order valence-corrected chi connectivity index (χ1v) is 4.89. The topological polar surface area (TPSA) is 52.6 Å². The Morgan fingerprint density at radius 2 is 1.88 bits per heavy atom. The minimum absolute atomic E-state index is 0.753. The SMILES string of the molecule is CN(Nc1ccc2ccccc2c1)C(=O)O. The molecular weight excluding hydrogens is 204 g/mol. The molecular formula is C12H12N2O2. The third-order valence-electron chi connectivity index (χ3n) is 2.33. The number of hydrazine groups is 1. The molecule has 0 saturated heterocycles. The van der Waals surface area contributed by atoms with Gasteiger partial charge in [-0.25, -0.2) is 9.80 Å². The van der Waals surface area contributed by atoms with Crippen LogP contribution in [-0.2, 0) is 0 Å². The molecule has 0 unspecified atom stereocenters. The zero-order valence-corrected chi connectivity index (χ0v) is 8.84. The summed E-state index contributed by atoms with van der Waals surface area (Å²) in [6.45, 7) is 0. The molecule has 0 aliphatic rings. The number of nitrogens with zero attached hydrogens (tertiary/aromatic N) is 1. The first kappa shape index (κ1) is 10.3. The van der Waals surface area contributed by atoms with Crippen molar-refractivity contribution in [2.45, 2.75) is 0 Å². The number of amides is 1. The van der Waals surface area contributed by atoms with E-state index in [1.165, 1.54) is 7.05 Å². The van der Waals surface area contributed by atoms with Gasteiger partial charge in [-0.1, -0.05) is 30.3 Å². The van der Waals surface area contributed by atoms with Gasteiger partial charge in [0.1, 0.15) is 0 Å². The highest BCUT2D eigenvalue weighted by atomic mass is 16.4. The highest BCUT2D eigenvalue weighted by Gasteiger charge is 2.04. The van der Waals surface area contributed by atoms with Crippen molar-refractivity contribution in [3.63, 3.8) is 0 Å². The molecule has 0 aliphatic heterocycles. The van der Waals surface area contributed by atoms with Gasteiger partial charge in [-0.05, 0) is 22.9 Å². The molecule has 0 fully saturated rings. The van der Waals surface area contributed by atoms with Crippen LogP contribution in [0, 0.1) is 0 Å². The lowest BCUT2D eigenvalue weighted by molar-refractivity contribution is 0.164. The van der Waals surface area contributed by atoms with Gasteiger partial charge in [-0.3, -0.25) is 5.43 Å². The van der Waals surface area contributed by atoms with Gasteiger partial charge in [0.05, 0.1) is 5.69 Å². The number of fused-ring (bicyclic) bond motifs is 1. The number of carboxylic acid groups (broad SMARTS) is 1. The van der Waals surface area contributed by atoms with Crippen LogP contribution in [0.4, 0.5) is 10.5 Å². The zero-order chi connectivity index (χ0) is 11.5. The van der Waals surface area contributed by atoms with Crippen LogP contribution in [0.25, 0.3) is 10.8 Å². The van der Waals surface area contributed by atoms with Crippen molar-refractivity contribution >= 4 is 22.6 Å². The molecule has 0 radical (unpaired) electrons. The van der Waals surface area contributed by atoms with Crippen LogP contribution >= 0.6 is 0 Å². The Kier molecular flexibility index (Phi) is 2.64. The van der Waals surface area contributed by atoms with E-state index in [4.69, 9.17) is 5.11 Å². The number of nitrogens with one attached hydrogen (secondary N) is 1. The van der Waals surface area contributed by atoms with E-state index in [1.807, 2.05) is 42.5 Å². The number of hydrogen-bond donors (Lipinski definition) is 2. The van der Waals surface area contributed by atoms with Crippen molar-refractivity contribution in [3.8, 4) is 0 Å². The third-order valence-corrected chi connectivity index (χ3v) is 2.33. The fourth-order valence-electron chi connectivity index (χ4n) is 1.50. The van der Waals surface area contributed by atoms with E-state index in [9.17, 15) is 4.79 Å². The molecule has 4 nitrogen and oxygen atoms in total. The van der Waals surface area contributed by atoms with Crippen molar-refractivity contribution in [1.29, 1.82) is 0 Å². The minimum atomic E-state index is -1.02. The molecule has 2 rings (SSSR count). The van der Waals surface area contributed by atoms with Crippen molar-refractivity contribution < 1.29 is 9.90 Å². The van der Waals surface area contributed by atoms with Gasteiger partial charge in [0, 0.05) is 7.05 Å². The average Bonchev–Trinajstić information content (AvgIpc) is 2.28. The van der Waals surface area contributed by atoms with Gasteiger partial charge in [0.2, 0.25) is 0 Å². The molecule has 2 N–H and O–H groups in total. The van der Waals surface area contributed by atoms with Crippen LogP contribution < -0.4 is 5.43 Å². The van der Waals surface area contributed by atoms with Crippen LogP contribution in [0.3, 0.4) is 0 Å². The first-order valence-electron chi connectivity index (χ1n) is 4.89. The Labute approximate surface area is 93.1 Å². The van der Waals surface area contributed by atoms with Crippen LogP contribution in [0.1, 0.15) is 0 Å². The van der Waals surface area contributed by atoms with E-state index in [2.05, 4.69) is 5.43 Å². The Morgan fingerprint density at radius 3 is 2.56 bits per heavy atom. The van der Waals surface area contributed by atoms with E-state index in [0.717, 1.165) is 21.5 Å². The fraction of sp³-hybridized carbons (Fsp3) is 0.0833. The summed E-state index contributed by atoms with van der Waals surface area (Å²) in [7, 11) is 1.46. The fourth-order valence-corrected chi connectivity index (χ4v) is 1.50. The number of rotatable bonds is 2. The van der Waals surface area contributed by atoms with E-state index in [0.29, 0.717) is 0 Å². The second-order valence-electron chi connectivity index (χ2n) is 3.52. The van der Waals surface area contributed by atoms with Gasteiger partial charge >= 0.3 is 6.09 Å². The summed E-state index contributed by atoms with van der Waals surface area (Å²) in [6, 6.07) is 13.6. The second kappa shape index (κ2) is 4.10. The average molecular weight is 216 g/mol. The van der Waals surface area contributed by atoms with Crippen molar-refractivity contribution in [3.05, 3.63) is 42.5 Å². The largest absolute Gasteiger partial charge is 0.464 e. The highest BCUT2D eigenvalue weighted by molar-refractivity contribution is 5.85. The predicted octanol–water partition coefficient (Wildman–Crippen LogP) is 2.78. The van der Waals surface area contributed by atoms with Crippen molar-refractivity contribution in [2.75, 3.05) is 12.5 Å². The minimum Gasteiger partial charge on any atom is -0.464 e. The summed E-state index contributed by atoms with van der Waals surface area (Å²) in [5.41, 5.74) is 3.52. The summed E-state index contributed by atoms with van der Waals surface area (Å²) in [5, 5.41) is 11.9. The quantitative estimate of drug-likeness (QED) is 0.759. The maximum Gasteiger partial charge on any atom is 0.425 e. The molecule has 2 aromatic carbocycles. The Morgan fingerprint density at radius 1 is 1.19 bits per heavy atom. The summed E-state index contributed by atoms with van der Waals surface area (Å²) >= 11 is 0. The van der Waals surface area contributed by atoms with Gasteiger partial charge in [-0.2, -0.15) is 0 Å². The first-order chi connectivity index (χ1) is 7.66. The molecule has 16 heavy (non-hydrogen) atoms. The van der Waals surface area contributed by atoms with E-state index >= 15 is 0 Å². The molecule has 0 spiro atoms. The number of anilines is 1. The summed E-state index contributed by atoms with van der Waals surface area (Å²) in [4.78, 5) is 10.6. The maximum atomic E-state index is 10.6. The molecule has 0 saturated carbocycles. The lowest BCUT2D eigenvalue weighted by Gasteiger charge is -2.15. The summed E-state index contributed by atoms with van der Waals surface area (Å²) in [6.07, 6.45) is -1.02. The molecule has 0 atom stereocenters. The Balaban J connectivity index is 2.29. The lowest BCUT2D eigenvalue weighted by atomic mass is 10.1. The molecule has 0 aromatic heterocycles. The number of benzene rings is 2. The predicted molar refractivity (Wildman–Crippen MR) is 63.4 cm³/mol. The second-order valence-corrected chi connectivity index (χ2v) is 3.52. The molecule has 0 bridgehead atoms. The van der Waals surface area contributed by atoms with E-state index < -0.39 is 6.09 Å². The highest BCUT2D eigenvalue weighted by Crippen LogP contribution is 2.18. The smallest absolute Gasteiger partial charge is 0.425 e. The lowest BCUT2D eigenvalue weighted by Crippen LogP contribution is -2.30. The summed E-state index contributed by atoms with van der Waals surface area (Å²) in [5.74, 6) is 0. The van der Waals surface area contributed by atoms with Crippen LogP contribution in [0.15, 0.2) is 42.5 Å². The molecule has 2 aromatic rings.